The number of nitrogens with zero attached hydrogens (tertiary/aromatic N) is 1. The van der Waals surface area contributed by atoms with E-state index in [1.807, 2.05) is 24.5 Å². The molecular formula is C15H23NO. The van der Waals surface area contributed by atoms with E-state index in [1.54, 1.807) is 0 Å². The lowest BCUT2D eigenvalue weighted by molar-refractivity contribution is 0.0771. The van der Waals surface area contributed by atoms with Crippen LogP contribution in [0.2, 0.25) is 0 Å². The summed E-state index contributed by atoms with van der Waals surface area (Å²) in [5.74, 6) is 0.710. The fraction of sp³-hybridized carbons (Fsp3) is 0.667. The van der Waals surface area contributed by atoms with E-state index in [-0.39, 0.29) is 12.0 Å². The Morgan fingerprint density at radius 1 is 1.12 bits per heavy atom. The third-order valence-corrected chi connectivity index (χ3v) is 4.13. The van der Waals surface area contributed by atoms with Crippen molar-refractivity contribution in [2.45, 2.75) is 57.5 Å². The molecule has 1 fully saturated rings. The Hall–Kier alpha value is -0.890. The van der Waals surface area contributed by atoms with E-state index in [1.165, 1.54) is 44.1 Å². The van der Waals surface area contributed by atoms with Gasteiger partial charge >= 0.3 is 0 Å². The smallest absolute Gasteiger partial charge is 0.0634 e. The number of pyridine rings is 1. The minimum absolute atomic E-state index is 0.199. The van der Waals surface area contributed by atoms with Crippen molar-refractivity contribution >= 4 is 0 Å². The SMILES string of the molecule is CC(c1ccncc1)C(O)C1CCCCCC1. The fourth-order valence-electron chi connectivity index (χ4n) is 2.92. The van der Waals surface area contributed by atoms with Crippen LogP contribution in [0.4, 0.5) is 0 Å². The molecule has 1 heterocycles. The molecule has 1 aliphatic carbocycles. The number of aliphatic hydroxyl groups is 1. The van der Waals surface area contributed by atoms with Crippen LogP contribution in [0, 0.1) is 5.92 Å². The van der Waals surface area contributed by atoms with E-state index in [4.69, 9.17) is 0 Å². The van der Waals surface area contributed by atoms with Gasteiger partial charge in [0.2, 0.25) is 0 Å². The summed E-state index contributed by atoms with van der Waals surface area (Å²) in [4.78, 5) is 4.03. The van der Waals surface area contributed by atoms with Crippen LogP contribution in [0.25, 0.3) is 0 Å². The Bertz CT molecular complexity index is 317. The molecule has 2 nitrogen and oxygen atoms in total. The lowest BCUT2D eigenvalue weighted by Crippen LogP contribution is -2.26. The van der Waals surface area contributed by atoms with Crippen LogP contribution in [-0.4, -0.2) is 16.2 Å². The van der Waals surface area contributed by atoms with Crippen LogP contribution >= 0.6 is 0 Å². The van der Waals surface area contributed by atoms with Crippen molar-refractivity contribution in [1.82, 2.24) is 4.98 Å². The van der Waals surface area contributed by atoms with Gasteiger partial charge in [0.1, 0.15) is 0 Å². The maximum absolute atomic E-state index is 10.5. The molecule has 0 amide bonds. The molecule has 94 valence electrons. The molecule has 0 bridgehead atoms. The molecule has 0 radical (unpaired) electrons. The van der Waals surface area contributed by atoms with Crippen molar-refractivity contribution in [2.24, 2.45) is 5.92 Å². The molecule has 1 N–H and O–H groups in total. The van der Waals surface area contributed by atoms with Gasteiger partial charge in [0.15, 0.2) is 0 Å². The highest BCUT2D eigenvalue weighted by Gasteiger charge is 2.26. The summed E-state index contributed by atoms with van der Waals surface area (Å²) in [6.45, 7) is 2.13. The van der Waals surface area contributed by atoms with Crippen LogP contribution in [0.1, 0.15) is 56.9 Å². The summed E-state index contributed by atoms with van der Waals surface area (Å²) in [6.07, 6.45) is 11.1. The van der Waals surface area contributed by atoms with Crippen LogP contribution in [0.5, 0.6) is 0 Å². The quantitative estimate of drug-likeness (QED) is 0.810. The standard InChI is InChI=1S/C15H23NO/c1-12(13-8-10-16-11-9-13)15(17)14-6-4-2-3-5-7-14/h8-12,14-15,17H,2-7H2,1H3. The third-order valence-electron chi connectivity index (χ3n) is 4.13. The van der Waals surface area contributed by atoms with Gasteiger partial charge in [-0.3, -0.25) is 4.98 Å². The number of aliphatic hydroxyl groups excluding tert-OH is 1. The van der Waals surface area contributed by atoms with Crippen molar-refractivity contribution in [1.29, 1.82) is 0 Å². The minimum Gasteiger partial charge on any atom is -0.392 e. The Kier molecular flexibility index (Phi) is 4.55. The summed E-state index contributed by atoms with van der Waals surface area (Å²) >= 11 is 0. The average molecular weight is 233 g/mol. The summed E-state index contributed by atoms with van der Waals surface area (Å²) in [6, 6.07) is 4.04. The zero-order valence-electron chi connectivity index (χ0n) is 10.7. The molecule has 2 rings (SSSR count). The van der Waals surface area contributed by atoms with E-state index in [0.29, 0.717) is 5.92 Å². The second-order valence-electron chi connectivity index (χ2n) is 5.31. The first-order valence-electron chi connectivity index (χ1n) is 6.87. The van der Waals surface area contributed by atoms with E-state index in [9.17, 15) is 5.11 Å². The maximum Gasteiger partial charge on any atom is 0.0634 e. The van der Waals surface area contributed by atoms with E-state index in [2.05, 4.69) is 11.9 Å². The Labute approximate surface area is 104 Å². The summed E-state index contributed by atoms with van der Waals surface area (Å²) < 4.78 is 0. The summed E-state index contributed by atoms with van der Waals surface area (Å²) in [7, 11) is 0. The van der Waals surface area contributed by atoms with E-state index in [0.717, 1.165) is 0 Å². The second-order valence-corrected chi connectivity index (χ2v) is 5.31. The van der Waals surface area contributed by atoms with Gasteiger partial charge in [-0.15, -0.1) is 0 Å². The van der Waals surface area contributed by atoms with Gasteiger partial charge in [0.25, 0.3) is 0 Å². The monoisotopic (exact) mass is 233 g/mol. The van der Waals surface area contributed by atoms with Gasteiger partial charge in [-0.1, -0.05) is 32.6 Å². The fourth-order valence-corrected chi connectivity index (χ4v) is 2.92. The lowest BCUT2D eigenvalue weighted by Gasteiger charge is -2.27. The van der Waals surface area contributed by atoms with Gasteiger partial charge in [-0.25, -0.2) is 0 Å². The first-order valence-corrected chi connectivity index (χ1v) is 6.87. The van der Waals surface area contributed by atoms with Crippen molar-refractivity contribution in [3.63, 3.8) is 0 Å². The minimum atomic E-state index is -0.199. The molecule has 2 unspecified atom stereocenters. The van der Waals surface area contributed by atoms with Crippen LogP contribution < -0.4 is 0 Å². The van der Waals surface area contributed by atoms with Gasteiger partial charge in [-0.05, 0) is 36.5 Å². The van der Waals surface area contributed by atoms with Gasteiger partial charge in [0.05, 0.1) is 6.10 Å². The molecular weight excluding hydrogens is 210 g/mol. The van der Waals surface area contributed by atoms with Crippen molar-refractivity contribution < 1.29 is 5.11 Å². The van der Waals surface area contributed by atoms with Crippen molar-refractivity contribution in [3.05, 3.63) is 30.1 Å². The molecule has 2 atom stereocenters. The zero-order valence-corrected chi connectivity index (χ0v) is 10.7. The summed E-state index contributed by atoms with van der Waals surface area (Å²) in [5.41, 5.74) is 1.21. The average Bonchev–Trinajstić information content (AvgIpc) is 2.67. The molecule has 0 aliphatic heterocycles. The molecule has 1 aromatic heterocycles. The molecule has 1 aromatic rings. The lowest BCUT2D eigenvalue weighted by atomic mass is 9.83. The molecule has 0 spiro atoms. The van der Waals surface area contributed by atoms with Crippen LogP contribution in [0.15, 0.2) is 24.5 Å². The molecule has 17 heavy (non-hydrogen) atoms. The predicted octanol–water partition coefficient (Wildman–Crippen LogP) is 3.52. The van der Waals surface area contributed by atoms with E-state index < -0.39 is 0 Å². The molecule has 2 heteroatoms. The third kappa shape index (κ3) is 3.29. The zero-order chi connectivity index (χ0) is 12.1. The highest BCUT2D eigenvalue weighted by atomic mass is 16.3. The van der Waals surface area contributed by atoms with Gasteiger partial charge < -0.3 is 5.11 Å². The Morgan fingerprint density at radius 2 is 1.71 bits per heavy atom. The molecule has 0 aromatic carbocycles. The Morgan fingerprint density at radius 3 is 2.29 bits per heavy atom. The van der Waals surface area contributed by atoms with Crippen LogP contribution in [0.3, 0.4) is 0 Å². The number of hydrogen-bond acceptors (Lipinski definition) is 2. The number of hydrogen-bond donors (Lipinski definition) is 1. The Balaban J connectivity index is 2.00. The highest BCUT2D eigenvalue weighted by molar-refractivity contribution is 5.16. The second kappa shape index (κ2) is 6.15. The number of aromatic nitrogens is 1. The predicted molar refractivity (Wildman–Crippen MR) is 69.9 cm³/mol. The first-order chi connectivity index (χ1) is 8.29. The van der Waals surface area contributed by atoms with E-state index >= 15 is 0 Å². The molecule has 1 aliphatic rings. The summed E-state index contributed by atoms with van der Waals surface area (Å²) in [5, 5.41) is 10.5. The van der Waals surface area contributed by atoms with Crippen molar-refractivity contribution in [2.75, 3.05) is 0 Å². The first kappa shape index (κ1) is 12.6. The largest absolute Gasteiger partial charge is 0.392 e. The molecule has 0 saturated heterocycles. The normalized spacial score (nSPS) is 21.8. The van der Waals surface area contributed by atoms with Gasteiger partial charge in [0, 0.05) is 18.3 Å². The molecule has 1 saturated carbocycles. The maximum atomic E-state index is 10.5. The van der Waals surface area contributed by atoms with Gasteiger partial charge in [-0.2, -0.15) is 0 Å². The van der Waals surface area contributed by atoms with Crippen LogP contribution in [-0.2, 0) is 0 Å². The number of rotatable bonds is 3. The topological polar surface area (TPSA) is 33.1 Å². The van der Waals surface area contributed by atoms with Crippen molar-refractivity contribution in [3.8, 4) is 0 Å². The highest BCUT2D eigenvalue weighted by Crippen LogP contribution is 2.32.